The zero-order valence-electron chi connectivity index (χ0n) is 9.88. The Morgan fingerprint density at radius 1 is 1.47 bits per heavy atom. The van der Waals surface area contributed by atoms with E-state index >= 15 is 0 Å². The van der Waals surface area contributed by atoms with Crippen molar-refractivity contribution >= 4 is 15.9 Å². The summed E-state index contributed by atoms with van der Waals surface area (Å²) >= 11 is 3.29. The number of hydrogen-bond donors (Lipinski definition) is 1. The lowest BCUT2D eigenvalue weighted by Crippen LogP contribution is -2.26. The topological polar surface area (TPSA) is 21.3 Å². The summed E-state index contributed by atoms with van der Waals surface area (Å²) in [4.78, 5) is 0. The van der Waals surface area contributed by atoms with E-state index in [0.29, 0.717) is 18.6 Å². The van der Waals surface area contributed by atoms with Gasteiger partial charge >= 0.3 is 0 Å². The van der Waals surface area contributed by atoms with Crippen molar-refractivity contribution in [1.82, 2.24) is 5.32 Å². The van der Waals surface area contributed by atoms with Crippen molar-refractivity contribution < 1.29 is 9.13 Å². The Hall–Kier alpha value is -0.450. The van der Waals surface area contributed by atoms with Crippen LogP contribution in [0.2, 0.25) is 0 Å². The summed E-state index contributed by atoms with van der Waals surface area (Å²) in [6.45, 7) is 4.59. The fraction of sp³-hybridized carbons (Fsp3) is 0.538. The Bertz CT molecular complexity index is 365. The summed E-state index contributed by atoms with van der Waals surface area (Å²) in [5.41, 5.74) is 0.962. The molecule has 1 N–H and O–H groups in total. The van der Waals surface area contributed by atoms with Crippen LogP contribution in [0.3, 0.4) is 0 Å². The van der Waals surface area contributed by atoms with Crippen molar-refractivity contribution in [3.63, 3.8) is 0 Å². The molecule has 17 heavy (non-hydrogen) atoms. The van der Waals surface area contributed by atoms with Gasteiger partial charge in [-0.1, -0.05) is 15.9 Å². The Morgan fingerprint density at radius 2 is 2.29 bits per heavy atom. The number of nitrogens with one attached hydrogen (secondary N) is 1. The fourth-order valence-corrected chi connectivity index (χ4v) is 2.67. The molecule has 1 heterocycles. The first kappa shape index (κ1) is 13.0. The first-order valence-corrected chi connectivity index (χ1v) is 6.72. The van der Waals surface area contributed by atoms with E-state index in [1.165, 1.54) is 6.07 Å². The van der Waals surface area contributed by atoms with Gasteiger partial charge in [0.2, 0.25) is 0 Å². The van der Waals surface area contributed by atoms with Crippen LogP contribution in [0.15, 0.2) is 22.7 Å². The van der Waals surface area contributed by atoms with Crippen LogP contribution in [-0.2, 0) is 11.3 Å². The summed E-state index contributed by atoms with van der Waals surface area (Å²) < 4.78 is 19.4. The highest BCUT2D eigenvalue weighted by Gasteiger charge is 2.23. The van der Waals surface area contributed by atoms with Crippen molar-refractivity contribution in [2.24, 2.45) is 5.92 Å². The Labute approximate surface area is 110 Å². The molecule has 1 aromatic carbocycles. The molecule has 2 rings (SSSR count). The van der Waals surface area contributed by atoms with Crippen molar-refractivity contribution in [2.45, 2.75) is 26.0 Å². The predicted molar refractivity (Wildman–Crippen MR) is 69.3 cm³/mol. The molecule has 0 aromatic heterocycles. The highest BCUT2D eigenvalue weighted by molar-refractivity contribution is 9.10. The van der Waals surface area contributed by atoms with Crippen molar-refractivity contribution in [2.75, 3.05) is 13.2 Å². The van der Waals surface area contributed by atoms with Gasteiger partial charge in [-0.2, -0.15) is 0 Å². The van der Waals surface area contributed by atoms with E-state index in [2.05, 4.69) is 28.2 Å². The fourth-order valence-electron chi connectivity index (χ4n) is 2.16. The van der Waals surface area contributed by atoms with E-state index in [4.69, 9.17) is 4.74 Å². The average Bonchev–Trinajstić information content (AvgIpc) is 2.63. The number of halogens is 2. The van der Waals surface area contributed by atoms with Gasteiger partial charge in [-0.15, -0.1) is 0 Å². The third-order valence-corrected chi connectivity index (χ3v) is 3.65. The maximum Gasteiger partial charge on any atom is 0.124 e. The SMILES string of the molecule is CC1OCCC1CNCc1cc(F)cc(Br)c1. The van der Waals surface area contributed by atoms with Gasteiger partial charge in [-0.05, 0) is 43.0 Å². The molecule has 2 atom stereocenters. The predicted octanol–water partition coefficient (Wildman–Crippen LogP) is 3.10. The van der Waals surface area contributed by atoms with Crippen LogP contribution in [0.4, 0.5) is 4.39 Å². The summed E-state index contributed by atoms with van der Waals surface area (Å²) in [6, 6.07) is 4.97. The summed E-state index contributed by atoms with van der Waals surface area (Å²) in [5.74, 6) is 0.376. The van der Waals surface area contributed by atoms with Crippen LogP contribution in [-0.4, -0.2) is 19.3 Å². The standard InChI is InChI=1S/C13H17BrFNO/c1-9-11(2-3-17-9)8-16-7-10-4-12(14)6-13(15)5-10/h4-6,9,11,16H,2-3,7-8H2,1H3. The van der Waals surface area contributed by atoms with Gasteiger partial charge in [0.25, 0.3) is 0 Å². The summed E-state index contributed by atoms with van der Waals surface area (Å²) in [5, 5.41) is 3.36. The van der Waals surface area contributed by atoms with E-state index in [1.807, 2.05) is 6.07 Å². The van der Waals surface area contributed by atoms with E-state index in [1.54, 1.807) is 6.07 Å². The minimum absolute atomic E-state index is 0.200. The quantitative estimate of drug-likeness (QED) is 0.923. The van der Waals surface area contributed by atoms with Crippen LogP contribution in [0.1, 0.15) is 18.9 Å². The molecule has 2 unspecified atom stereocenters. The third-order valence-electron chi connectivity index (χ3n) is 3.19. The van der Waals surface area contributed by atoms with E-state index in [9.17, 15) is 4.39 Å². The number of benzene rings is 1. The van der Waals surface area contributed by atoms with Crippen LogP contribution >= 0.6 is 15.9 Å². The number of rotatable bonds is 4. The first-order chi connectivity index (χ1) is 8.15. The number of ether oxygens (including phenoxy) is 1. The maximum atomic E-state index is 13.1. The van der Waals surface area contributed by atoms with Crippen molar-refractivity contribution in [3.05, 3.63) is 34.1 Å². The number of hydrogen-bond acceptors (Lipinski definition) is 2. The molecule has 0 spiro atoms. The van der Waals surface area contributed by atoms with Crippen LogP contribution in [0, 0.1) is 11.7 Å². The third kappa shape index (κ3) is 3.76. The molecule has 0 amide bonds. The molecular formula is C13H17BrFNO. The lowest BCUT2D eigenvalue weighted by molar-refractivity contribution is 0.105. The minimum Gasteiger partial charge on any atom is -0.378 e. The Balaban J connectivity index is 1.81. The highest BCUT2D eigenvalue weighted by atomic mass is 79.9. The lowest BCUT2D eigenvalue weighted by atomic mass is 10.0. The second-order valence-corrected chi connectivity index (χ2v) is 5.45. The molecule has 0 radical (unpaired) electrons. The van der Waals surface area contributed by atoms with Gasteiger partial charge in [-0.3, -0.25) is 0 Å². The molecule has 1 aliphatic rings. The maximum absolute atomic E-state index is 13.1. The molecule has 1 aliphatic heterocycles. The van der Waals surface area contributed by atoms with Crippen molar-refractivity contribution in [3.8, 4) is 0 Å². The summed E-state index contributed by atoms with van der Waals surface area (Å²) in [7, 11) is 0. The highest BCUT2D eigenvalue weighted by Crippen LogP contribution is 2.19. The second kappa shape index (κ2) is 5.94. The van der Waals surface area contributed by atoms with Crippen LogP contribution in [0.25, 0.3) is 0 Å². The van der Waals surface area contributed by atoms with Crippen LogP contribution in [0.5, 0.6) is 0 Å². The Morgan fingerprint density at radius 3 is 2.94 bits per heavy atom. The van der Waals surface area contributed by atoms with E-state index < -0.39 is 0 Å². The zero-order valence-corrected chi connectivity index (χ0v) is 11.5. The molecule has 1 aromatic rings. The largest absolute Gasteiger partial charge is 0.378 e. The summed E-state index contributed by atoms with van der Waals surface area (Å²) in [6.07, 6.45) is 1.45. The molecule has 1 saturated heterocycles. The lowest BCUT2D eigenvalue weighted by Gasteiger charge is -2.14. The molecule has 4 heteroatoms. The van der Waals surface area contributed by atoms with Gasteiger partial charge < -0.3 is 10.1 Å². The van der Waals surface area contributed by atoms with Crippen LogP contribution < -0.4 is 5.32 Å². The minimum atomic E-state index is -0.200. The van der Waals surface area contributed by atoms with Gasteiger partial charge in [0.15, 0.2) is 0 Å². The molecule has 0 aliphatic carbocycles. The normalized spacial score (nSPS) is 24.2. The monoisotopic (exact) mass is 301 g/mol. The average molecular weight is 302 g/mol. The van der Waals surface area contributed by atoms with Gasteiger partial charge in [0.05, 0.1) is 6.10 Å². The first-order valence-electron chi connectivity index (χ1n) is 5.92. The zero-order chi connectivity index (χ0) is 12.3. The molecule has 0 bridgehead atoms. The Kier molecular flexibility index (Phi) is 4.54. The van der Waals surface area contributed by atoms with Gasteiger partial charge in [0, 0.05) is 24.2 Å². The van der Waals surface area contributed by atoms with Gasteiger partial charge in [0.1, 0.15) is 5.82 Å². The molecular weight excluding hydrogens is 285 g/mol. The second-order valence-electron chi connectivity index (χ2n) is 4.53. The van der Waals surface area contributed by atoms with Crippen molar-refractivity contribution in [1.29, 1.82) is 0 Å². The smallest absolute Gasteiger partial charge is 0.124 e. The molecule has 1 fully saturated rings. The molecule has 2 nitrogen and oxygen atoms in total. The van der Waals surface area contributed by atoms with Gasteiger partial charge in [-0.25, -0.2) is 4.39 Å². The van der Waals surface area contributed by atoms with E-state index in [-0.39, 0.29) is 5.82 Å². The molecule has 94 valence electrons. The van der Waals surface area contributed by atoms with E-state index in [0.717, 1.165) is 29.6 Å². The molecule has 0 saturated carbocycles.